The van der Waals surface area contributed by atoms with Gasteiger partial charge < -0.3 is 24.4 Å². The Morgan fingerprint density at radius 2 is 2.07 bits per heavy atom. The van der Waals surface area contributed by atoms with Gasteiger partial charge in [0.2, 0.25) is 0 Å². The van der Waals surface area contributed by atoms with Gasteiger partial charge in [-0.2, -0.15) is 0 Å². The number of piperazine rings is 1. The van der Waals surface area contributed by atoms with Gasteiger partial charge in [-0.25, -0.2) is 4.98 Å². The molecule has 3 atom stereocenters. The number of piperidine rings is 1. The number of likely N-dealkylation sites (N-methyl/N-ethyl adjacent to an activating group) is 1. The molecule has 2 aromatic heterocycles. The summed E-state index contributed by atoms with van der Waals surface area (Å²) in [7, 11) is 2.14. The van der Waals surface area contributed by atoms with Crippen LogP contribution in [-0.2, 0) is 0 Å². The summed E-state index contributed by atoms with van der Waals surface area (Å²) in [6.07, 6.45) is 5.83. The summed E-state index contributed by atoms with van der Waals surface area (Å²) in [5, 5.41) is 4.18. The van der Waals surface area contributed by atoms with Crippen molar-refractivity contribution < 1.29 is 9.21 Å². The van der Waals surface area contributed by atoms with Crippen LogP contribution in [0.15, 0.2) is 22.9 Å². The van der Waals surface area contributed by atoms with E-state index in [1.54, 1.807) is 12.5 Å². The molecule has 144 valence electrons. The van der Waals surface area contributed by atoms with Crippen molar-refractivity contribution in [1.82, 2.24) is 20.1 Å². The number of aromatic nitrogens is 1. The molecule has 3 aliphatic rings. The molecule has 27 heavy (non-hydrogen) atoms. The second-order valence-electron chi connectivity index (χ2n) is 8.30. The van der Waals surface area contributed by atoms with E-state index in [1.807, 2.05) is 6.07 Å². The Kier molecular flexibility index (Phi) is 4.28. The van der Waals surface area contributed by atoms with Gasteiger partial charge in [-0.15, -0.1) is 0 Å². The van der Waals surface area contributed by atoms with E-state index in [1.165, 1.54) is 19.5 Å². The first-order valence-electron chi connectivity index (χ1n) is 9.99. The van der Waals surface area contributed by atoms with E-state index in [0.717, 1.165) is 61.7 Å². The predicted molar refractivity (Wildman–Crippen MR) is 104 cm³/mol. The normalized spacial score (nSPS) is 28.6. The van der Waals surface area contributed by atoms with Crippen LogP contribution < -0.4 is 10.2 Å². The first-order chi connectivity index (χ1) is 13.2. The predicted octanol–water partition coefficient (Wildman–Crippen LogP) is 1.40. The summed E-state index contributed by atoms with van der Waals surface area (Å²) in [5.41, 5.74) is 2.28. The number of fused-ring (bicyclic) bond motifs is 3. The van der Waals surface area contributed by atoms with Crippen LogP contribution in [0, 0.1) is 5.92 Å². The fraction of sp³-hybridized carbons (Fsp3) is 0.600. The number of pyridine rings is 1. The molecule has 3 aliphatic heterocycles. The average molecular weight is 369 g/mol. The number of carbonyl (C=O) groups excluding carboxylic acids is 1. The van der Waals surface area contributed by atoms with Crippen molar-refractivity contribution in [3.8, 4) is 0 Å². The second-order valence-corrected chi connectivity index (χ2v) is 8.30. The zero-order chi connectivity index (χ0) is 18.4. The van der Waals surface area contributed by atoms with Crippen molar-refractivity contribution in [1.29, 1.82) is 0 Å². The van der Waals surface area contributed by atoms with Crippen LogP contribution in [0.3, 0.4) is 0 Å². The van der Waals surface area contributed by atoms with Gasteiger partial charge in [0.05, 0.1) is 11.9 Å². The van der Waals surface area contributed by atoms with Gasteiger partial charge in [0.1, 0.15) is 12.0 Å². The van der Waals surface area contributed by atoms with Crippen molar-refractivity contribution in [2.45, 2.75) is 18.9 Å². The van der Waals surface area contributed by atoms with Crippen LogP contribution in [0.2, 0.25) is 0 Å². The summed E-state index contributed by atoms with van der Waals surface area (Å²) in [4.78, 5) is 24.3. The molecule has 1 N–H and O–H groups in total. The molecule has 0 saturated carbocycles. The third-order valence-electron chi connectivity index (χ3n) is 6.32. The summed E-state index contributed by atoms with van der Waals surface area (Å²) in [6.45, 7) is 7.32. The Hall–Kier alpha value is -2.12. The highest BCUT2D eigenvalue weighted by molar-refractivity contribution is 5.99. The minimum atomic E-state index is -0.0741. The zero-order valence-corrected chi connectivity index (χ0v) is 15.9. The lowest BCUT2D eigenvalue weighted by Gasteiger charge is -2.33. The number of hydrogen-bond acceptors (Lipinski definition) is 6. The quantitative estimate of drug-likeness (QED) is 0.882. The van der Waals surface area contributed by atoms with E-state index in [9.17, 15) is 4.79 Å². The highest BCUT2D eigenvalue weighted by Gasteiger charge is 2.33. The first kappa shape index (κ1) is 17.0. The number of anilines is 1. The van der Waals surface area contributed by atoms with E-state index in [2.05, 4.69) is 32.0 Å². The highest BCUT2D eigenvalue weighted by Crippen LogP contribution is 2.30. The lowest BCUT2D eigenvalue weighted by atomic mass is 9.97. The van der Waals surface area contributed by atoms with Crippen molar-refractivity contribution in [3.63, 3.8) is 0 Å². The molecule has 3 fully saturated rings. The first-order valence-corrected chi connectivity index (χ1v) is 9.99. The lowest BCUT2D eigenvalue weighted by molar-refractivity contribution is 0.0904. The maximum atomic E-state index is 12.8. The minimum absolute atomic E-state index is 0.0741. The van der Waals surface area contributed by atoms with Gasteiger partial charge in [0.15, 0.2) is 5.58 Å². The average Bonchev–Trinajstić information content (AvgIpc) is 3.24. The van der Waals surface area contributed by atoms with Crippen LogP contribution in [0.1, 0.15) is 23.3 Å². The molecule has 1 amide bonds. The smallest absolute Gasteiger partial charge is 0.270 e. The number of rotatable bonds is 3. The molecule has 2 aromatic rings. The molecular weight excluding hydrogens is 342 g/mol. The Morgan fingerprint density at radius 3 is 2.89 bits per heavy atom. The van der Waals surface area contributed by atoms with Crippen LogP contribution in [0.5, 0.6) is 0 Å². The largest absolute Gasteiger partial charge is 0.460 e. The van der Waals surface area contributed by atoms with E-state index in [-0.39, 0.29) is 11.9 Å². The van der Waals surface area contributed by atoms with E-state index >= 15 is 0 Å². The molecule has 5 rings (SSSR count). The van der Waals surface area contributed by atoms with Gasteiger partial charge in [-0.1, -0.05) is 0 Å². The van der Waals surface area contributed by atoms with Crippen LogP contribution in [-0.4, -0.2) is 79.6 Å². The highest BCUT2D eigenvalue weighted by atomic mass is 16.3. The maximum absolute atomic E-state index is 12.8. The number of nitrogens with one attached hydrogen (secondary N) is 1. The summed E-state index contributed by atoms with van der Waals surface area (Å²) in [6, 6.07) is 2.12. The third-order valence-corrected chi connectivity index (χ3v) is 6.32. The number of furan rings is 1. The molecule has 5 heterocycles. The molecule has 0 spiro atoms. The monoisotopic (exact) mass is 369 g/mol. The SMILES string of the molecule is CN1CCN(c2coc3cnc(C(=O)NC4CC5CCN(C5)C4)cc23)CC1. The summed E-state index contributed by atoms with van der Waals surface area (Å²) >= 11 is 0. The number of nitrogens with zero attached hydrogens (tertiary/aromatic N) is 4. The van der Waals surface area contributed by atoms with Gasteiger partial charge in [-0.05, 0) is 38.4 Å². The summed E-state index contributed by atoms with van der Waals surface area (Å²) in [5.74, 6) is 0.659. The van der Waals surface area contributed by atoms with Crippen molar-refractivity contribution in [2.24, 2.45) is 5.92 Å². The molecule has 0 aromatic carbocycles. The standard InChI is InChI=1S/C20H27N5O2/c1-23-4-6-25(7-5-23)18-13-27-19-10-21-17(9-16(18)19)20(26)22-15-8-14-2-3-24(11-14)12-15/h9-10,13-15H,2-8,11-12H2,1H3,(H,22,26). The molecule has 3 saturated heterocycles. The van der Waals surface area contributed by atoms with Crippen LogP contribution >= 0.6 is 0 Å². The minimum Gasteiger partial charge on any atom is -0.460 e. The molecular formula is C20H27N5O2. The Bertz CT molecular complexity index is 830. The molecule has 3 unspecified atom stereocenters. The second kappa shape index (κ2) is 6.80. The lowest BCUT2D eigenvalue weighted by Crippen LogP contribution is -2.47. The Labute approximate surface area is 159 Å². The summed E-state index contributed by atoms with van der Waals surface area (Å²) < 4.78 is 5.69. The number of amides is 1. The van der Waals surface area contributed by atoms with Gasteiger partial charge >= 0.3 is 0 Å². The topological polar surface area (TPSA) is 64.9 Å². The molecule has 7 nitrogen and oxygen atoms in total. The van der Waals surface area contributed by atoms with E-state index in [0.29, 0.717) is 5.69 Å². The zero-order valence-electron chi connectivity index (χ0n) is 15.9. The maximum Gasteiger partial charge on any atom is 0.270 e. The van der Waals surface area contributed by atoms with Crippen molar-refractivity contribution in [2.75, 3.05) is 57.8 Å². The third kappa shape index (κ3) is 3.30. The Morgan fingerprint density at radius 1 is 1.22 bits per heavy atom. The van der Waals surface area contributed by atoms with Crippen molar-refractivity contribution >= 4 is 22.6 Å². The van der Waals surface area contributed by atoms with Crippen LogP contribution in [0.4, 0.5) is 5.69 Å². The van der Waals surface area contributed by atoms with Crippen molar-refractivity contribution in [3.05, 3.63) is 24.2 Å². The van der Waals surface area contributed by atoms with Gasteiger partial charge in [0.25, 0.3) is 5.91 Å². The Balaban J connectivity index is 1.34. The van der Waals surface area contributed by atoms with Crippen LogP contribution in [0.25, 0.3) is 11.0 Å². The number of hydrogen-bond donors (Lipinski definition) is 1. The van der Waals surface area contributed by atoms with E-state index in [4.69, 9.17) is 4.42 Å². The van der Waals surface area contributed by atoms with Gasteiger partial charge in [0, 0.05) is 50.7 Å². The van der Waals surface area contributed by atoms with Gasteiger partial charge in [-0.3, -0.25) is 4.79 Å². The number of carbonyl (C=O) groups is 1. The molecule has 2 bridgehead atoms. The molecule has 7 heteroatoms. The molecule has 0 radical (unpaired) electrons. The van der Waals surface area contributed by atoms with E-state index < -0.39 is 0 Å². The fourth-order valence-electron chi connectivity index (χ4n) is 4.76. The fourth-order valence-corrected chi connectivity index (χ4v) is 4.76. The molecule has 0 aliphatic carbocycles.